The van der Waals surface area contributed by atoms with Crippen molar-refractivity contribution < 1.29 is 0 Å². The topological polar surface area (TPSA) is 15.3 Å². The van der Waals surface area contributed by atoms with Gasteiger partial charge in [0.25, 0.3) is 0 Å². The third kappa shape index (κ3) is 2.85. The molecule has 3 unspecified atom stereocenters. The molecule has 3 atom stereocenters. The van der Waals surface area contributed by atoms with Crippen molar-refractivity contribution in [1.29, 1.82) is 0 Å². The van der Waals surface area contributed by atoms with E-state index in [1.54, 1.807) is 0 Å². The zero-order chi connectivity index (χ0) is 12.5. The second-order valence-corrected chi connectivity index (χ2v) is 6.44. The third-order valence-electron chi connectivity index (χ3n) is 4.92. The highest BCUT2D eigenvalue weighted by Gasteiger charge is 2.46. The maximum absolute atomic E-state index is 3.82. The van der Waals surface area contributed by atoms with Crippen molar-refractivity contribution in [1.82, 2.24) is 10.2 Å². The highest BCUT2D eigenvalue weighted by atomic mass is 15.3. The normalized spacial score (nSPS) is 37.1. The Balaban J connectivity index is 2.02. The monoisotopic (exact) mass is 238 g/mol. The number of nitrogens with one attached hydrogen (secondary N) is 1. The van der Waals surface area contributed by atoms with Crippen LogP contribution in [0.15, 0.2) is 0 Å². The van der Waals surface area contributed by atoms with Gasteiger partial charge in [-0.3, -0.25) is 4.90 Å². The smallest absolute Gasteiger partial charge is 0.0309 e. The molecular formula is C15H30N2. The minimum absolute atomic E-state index is 0.396. The first-order chi connectivity index (χ1) is 8.10. The zero-order valence-electron chi connectivity index (χ0n) is 12.1. The second kappa shape index (κ2) is 5.27. The van der Waals surface area contributed by atoms with Crippen LogP contribution in [0.2, 0.25) is 0 Å². The minimum atomic E-state index is 0.396. The van der Waals surface area contributed by atoms with Gasteiger partial charge in [0.1, 0.15) is 0 Å². The molecule has 0 bridgehead atoms. The van der Waals surface area contributed by atoms with Crippen LogP contribution in [0.1, 0.15) is 59.8 Å². The van der Waals surface area contributed by atoms with Gasteiger partial charge in [0, 0.05) is 30.7 Å². The molecule has 2 aliphatic rings. The molecule has 1 heterocycles. The highest BCUT2D eigenvalue weighted by Crippen LogP contribution is 2.41. The summed E-state index contributed by atoms with van der Waals surface area (Å²) in [7, 11) is 0. The van der Waals surface area contributed by atoms with E-state index < -0.39 is 0 Å². The molecule has 1 saturated heterocycles. The number of hydrogen-bond donors (Lipinski definition) is 1. The summed E-state index contributed by atoms with van der Waals surface area (Å²) in [4.78, 5) is 2.79. The minimum Gasteiger partial charge on any atom is -0.308 e. The lowest BCUT2D eigenvalue weighted by atomic mass is 9.89. The van der Waals surface area contributed by atoms with Crippen molar-refractivity contribution in [3.05, 3.63) is 0 Å². The molecule has 1 saturated carbocycles. The Morgan fingerprint density at radius 2 is 2.06 bits per heavy atom. The first-order valence-corrected chi connectivity index (χ1v) is 7.61. The summed E-state index contributed by atoms with van der Waals surface area (Å²) in [6.45, 7) is 11.9. The lowest BCUT2D eigenvalue weighted by Gasteiger charge is -2.49. The average Bonchev–Trinajstić information content (AvgIpc) is 3.14. The summed E-state index contributed by atoms with van der Waals surface area (Å²) in [5, 5.41) is 3.82. The van der Waals surface area contributed by atoms with Crippen LogP contribution in [0.5, 0.6) is 0 Å². The molecule has 0 aromatic heterocycles. The fraction of sp³-hybridized carbons (Fsp3) is 1.00. The van der Waals surface area contributed by atoms with Crippen LogP contribution >= 0.6 is 0 Å². The maximum Gasteiger partial charge on any atom is 0.0309 e. The molecule has 2 heteroatoms. The van der Waals surface area contributed by atoms with E-state index in [-0.39, 0.29) is 0 Å². The number of piperazine rings is 1. The van der Waals surface area contributed by atoms with Gasteiger partial charge in [-0.05, 0) is 45.4 Å². The van der Waals surface area contributed by atoms with E-state index in [2.05, 4.69) is 37.9 Å². The molecule has 2 nitrogen and oxygen atoms in total. The molecule has 17 heavy (non-hydrogen) atoms. The van der Waals surface area contributed by atoms with Gasteiger partial charge in [0.15, 0.2) is 0 Å². The van der Waals surface area contributed by atoms with Crippen LogP contribution in [-0.4, -0.2) is 35.6 Å². The van der Waals surface area contributed by atoms with E-state index in [9.17, 15) is 0 Å². The summed E-state index contributed by atoms with van der Waals surface area (Å²) in [5.41, 5.74) is 0.396. The molecule has 0 aromatic carbocycles. The lowest BCUT2D eigenvalue weighted by Crippen LogP contribution is -2.65. The summed E-state index contributed by atoms with van der Waals surface area (Å²) >= 11 is 0. The number of rotatable bonds is 5. The van der Waals surface area contributed by atoms with E-state index in [1.807, 2.05) is 0 Å². The van der Waals surface area contributed by atoms with Gasteiger partial charge < -0.3 is 5.32 Å². The van der Waals surface area contributed by atoms with E-state index in [0.29, 0.717) is 11.6 Å². The summed E-state index contributed by atoms with van der Waals surface area (Å²) in [6.07, 6.45) is 6.86. The molecule has 1 aliphatic carbocycles. The Labute approximate surface area is 107 Å². The first-order valence-electron chi connectivity index (χ1n) is 7.61. The maximum atomic E-state index is 3.82. The quantitative estimate of drug-likeness (QED) is 0.792. The molecule has 100 valence electrons. The Hall–Kier alpha value is -0.0800. The van der Waals surface area contributed by atoms with Crippen LogP contribution in [0, 0.1) is 5.92 Å². The van der Waals surface area contributed by atoms with E-state index >= 15 is 0 Å². The van der Waals surface area contributed by atoms with Crippen LogP contribution in [0.4, 0.5) is 0 Å². The predicted molar refractivity (Wildman–Crippen MR) is 74.3 cm³/mol. The molecule has 2 fully saturated rings. The van der Waals surface area contributed by atoms with Gasteiger partial charge in [-0.2, -0.15) is 0 Å². The van der Waals surface area contributed by atoms with Gasteiger partial charge in [-0.25, -0.2) is 0 Å². The fourth-order valence-corrected chi connectivity index (χ4v) is 3.51. The molecule has 0 radical (unpaired) electrons. The first kappa shape index (κ1) is 13.4. The van der Waals surface area contributed by atoms with E-state index in [4.69, 9.17) is 0 Å². The van der Waals surface area contributed by atoms with Gasteiger partial charge in [-0.1, -0.05) is 20.3 Å². The molecule has 1 aliphatic heterocycles. The second-order valence-electron chi connectivity index (χ2n) is 6.44. The molecule has 1 N–H and O–H groups in total. The molecule has 0 aromatic rings. The van der Waals surface area contributed by atoms with Crippen LogP contribution in [0.3, 0.4) is 0 Å². The standard InChI is InChI=1S/C15H30N2/c1-5-7-14(6-2)17-11-15(4,13-8-9-13)16-10-12(17)3/h12-14,16H,5-11H2,1-4H3. The number of hydrogen-bond acceptors (Lipinski definition) is 2. The summed E-state index contributed by atoms with van der Waals surface area (Å²) in [6, 6.07) is 1.51. The van der Waals surface area contributed by atoms with Crippen molar-refractivity contribution in [2.45, 2.75) is 77.4 Å². The number of nitrogens with zero attached hydrogens (tertiary/aromatic N) is 1. The van der Waals surface area contributed by atoms with Crippen LogP contribution in [0.25, 0.3) is 0 Å². The Morgan fingerprint density at radius 1 is 1.35 bits per heavy atom. The van der Waals surface area contributed by atoms with Gasteiger partial charge in [0.2, 0.25) is 0 Å². The van der Waals surface area contributed by atoms with Crippen LogP contribution < -0.4 is 5.32 Å². The van der Waals surface area contributed by atoms with Crippen molar-refractivity contribution >= 4 is 0 Å². The lowest BCUT2D eigenvalue weighted by molar-refractivity contribution is 0.0408. The molecule has 2 rings (SSSR count). The average molecular weight is 238 g/mol. The third-order valence-corrected chi connectivity index (χ3v) is 4.92. The van der Waals surface area contributed by atoms with Gasteiger partial charge in [-0.15, -0.1) is 0 Å². The molecule has 0 spiro atoms. The zero-order valence-corrected chi connectivity index (χ0v) is 12.1. The largest absolute Gasteiger partial charge is 0.308 e. The highest BCUT2D eigenvalue weighted by molar-refractivity contribution is 5.04. The van der Waals surface area contributed by atoms with E-state index in [0.717, 1.165) is 12.0 Å². The molecular weight excluding hydrogens is 208 g/mol. The Bertz CT molecular complexity index is 249. The predicted octanol–water partition coefficient (Wildman–Crippen LogP) is 3.03. The summed E-state index contributed by atoms with van der Waals surface area (Å²) < 4.78 is 0. The summed E-state index contributed by atoms with van der Waals surface area (Å²) in [5.74, 6) is 0.941. The van der Waals surface area contributed by atoms with Gasteiger partial charge in [0.05, 0.1) is 0 Å². The Morgan fingerprint density at radius 3 is 2.59 bits per heavy atom. The van der Waals surface area contributed by atoms with Crippen molar-refractivity contribution in [2.75, 3.05) is 13.1 Å². The van der Waals surface area contributed by atoms with E-state index in [1.165, 1.54) is 45.2 Å². The Kier molecular flexibility index (Phi) is 4.14. The molecule has 0 amide bonds. The SMILES string of the molecule is CCCC(CC)N1CC(C)(C2CC2)NCC1C. The van der Waals surface area contributed by atoms with Gasteiger partial charge >= 0.3 is 0 Å². The van der Waals surface area contributed by atoms with Crippen LogP contribution in [-0.2, 0) is 0 Å². The van der Waals surface area contributed by atoms with Crippen molar-refractivity contribution in [3.8, 4) is 0 Å². The fourth-order valence-electron chi connectivity index (χ4n) is 3.51. The van der Waals surface area contributed by atoms with Crippen molar-refractivity contribution in [2.24, 2.45) is 5.92 Å². The van der Waals surface area contributed by atoms with Crippen molar-refractivity contribution in [3.63, 3.8) is 0 Å².